The average molecular weight is 261 g/mol. The third kappa shape index (κ3) is 2.41. The van der Waals surface area contributed by atoms with E-state index in [9.17, 15) is 13.2 Å². The van der Waals surface area contributed by atoms with Crippen molar-refractivity contribution in [3.05, 3.63) is 55.1 Å². The maximum absolute atomic E-state index is 11.9. The van der Waals surface area contributed by atoms with Crippen LogP contribution >= 0.6 is 0 Å². The van der Waals surface area contributed by atoms with Crippen LogP contribution in [0, 0.1) is 0 Å². The lowest BCUT2D eigenvalue weighted by Gasteiger charge is -2.06. The van der Waals surface area contributed by atoms with Gasteiger partial charge in [0, 0.05) is 0 Å². The summed E-state index contributed by atoms with van der Waals surface area (Å²) < 4.78 is 25.6. The van der Waals surface area contributed by atoms with Crippen molar-refractivity contribution in [1.82, 2.24) is 4.72 Å². The second kappa shape index (κ2) is 4.62. The Bertz CT molecular complexity index is 720. The zero-order chi connectivity index (χ0) is 13.2. The Morgan fingerprint density at radius 1 is 1.11 bits per heavy atom. The molecule has 2 aromatic carbocycles. The molecule has 0 heterocycles. The Kier molecular flexibility index (Phi) is 3.16. The molecule has 1 amide bonds. The maximum atomic E-state index is 11.9. The Hall–Kier alpha value is -2.14. The second-order valence-corrected chi connectivity index (χ2v) is 5.37. The van der Waals surface area contributed by atoms with Gasteiger partial charge in [-0.15, -0.1) is 0 Å². The quantitative estimate of drug-likeness (QED) is 0.857. The number of nitrogens with one attached hydrogen (secondary N) is 1. The summed E-state index contributed by atoms with van der Waals surface area (Å²) in [6, 6.07) is 12.1. The van der Waals surface area contributed by atoms with Gasteiger partial charge in [-0.2, -0.15) is 0 Å². The minimum Gasteiger partial charge on any atom is -0.269 e. The summed E-state index contributed by atoms with van der Waals surface area (Å²) in [6.07, 6.45) is 0.915. The number of hydrogen-bond acceptors (Lipinski definition) is 3. The number of fused-ring (bicyclic) bond motifs is 1. The van der Waals surface area contributed by atoms with Crippen LogP contribution in [-0.2, 0) is 14.8 Å². The summed E-state index contributed by atoms with van der Waals surface area (Å²) in [4.78, 5) is 11.1. The van der Waals surface area contributed by atoms with Crippen molar-refractivity contribution in [3.8, 4) is 0 Å². The average Bonchev–Trinajstić information content (AvgIpc) is 2.37. The molecule has 0 aliphatic heterocycles. The van der Waals surface area contributed by atoms with Crippen molar-refractivity contribution in [1.29, 1.82) is 0 Å². The Labute approximate surface area is 105 Å². The van der Waals surface area contributed by atoms with Gasteiger partial charge in [0.05, 0.1) is 4.90 Å². The minimum absolute atomic E-state index is 0.0522. The van der Waals surface area contributed by atoms with Crippen LogP contribution in [0.2, 0.25) is 0 Å². The number of benzene rings is 2. The van der Waals surface area contributed by atoms with Crippen molar-refractivity contribution in [3.63, 3.8) is 0 Å². The molecule has 0 aliphatic carbocycles. The number of hydrogen-bond donors (Lipinski definition) is 1. The smallest absolute Gasteiger partial charge is 0.264 e. The van der Waals surface area contributed by atoms with E-state index in [-0.39, 0.29) is 4.90 Å². The Morgan fingerprint density at radius 3 is 2.44 bits per heavy atom. The molecular formula is C13H11NO3S. The van der Waals surface area contributed by atoms with E-state index in [4.69, 9.17) is 0 Å². The van der Waals surface area contributed by atoms with E-state index in [0.717, 1.165) is 16.8 Å². The summed E-state index contributed by atoms with van der Waals surface area (Å²) in [5.41, 5.74) is 0. The molecule has 0 aromatic heterocycles. The van der Waals surface area contributed by atoms with Crippen molar-refractivity contribution in [2.24, 2.45) is 0 Å². The molecule has 0 radical (unpaired) electrons. The van der Waals surface area contributed by atoms with Gasteiger partial charge >= 0.3 is 0 Å². The first-order chi connectivity index (χ1) is 8.53. The fourth-order valence-corrected chi connectivity index (χ4v) is 2.56. The van der Waals surface area contributed by atoms with E-state index in [1.807, 2.05) is 29.0 Å². The molecule has 0 fully saturated rings. The van der Waals surface area contributed by atoms with Gasteiger partial charge in [-0.3, -0.25) is 4.79 Å². The van der Waals surface area contributed by atoms with E-state index in [0.29, 0.717) is 0 Å². The lowest BCUT2D eigenvalue weighted by Crippen LogP contribution is -2.28. The van der Waals surface area contributed by atoms with Gasteiger partial charge in [0.1, 0.15) is 0 Å². The Morgan fingerprint density at radius 2 is 1.78 bits per heavy atom. The highest BCUT2D eigenvalue weighted by molar-refractivity contribution is 7.90. The highest BCUT2D eigenvalue weighted by atomic mass is 32.2. The van der Waals surface area contributed by atoms with Crippen LogP contribution in [0.1, 0.15) is 0 Å². The predicted octanol–water partition coefficient (Wildman–Crippen LogP) is 1.83. The van der Waals surface area contributed by atoms with E-state index in [1.165, 1.54) is 12.1 Å². The van der Waals surface area contributed by atoms with Crippen LogP contribution < -0.4 is 4.72 Å². The number of carbonyl (C=O) groups excluding carboxylic acids is 1. The highest BCUT2D eigenvalue weighted by Crippen LogP contribution is 2.18. The fourth-order valence-electron chi connectivity index (χ4n) is 1.57. The van der Waals surface area contributed by atoms with Crippen LogP contribution in [0.15, 0.2) is 60.0 Å². The van der Waals surface area contributed by atoms with Crippen LogP contribution in [0.3, 0.4) is 0 Å². The number of amides is 1. The van der Waals surface area contributed by atoms with Gasteiger partial charge in [-0.05, 0) is 29.0 Å². The van der Waals surface area contributed by atoms with Gasteiger partial charge in [0.25, 0.3) is 15.9 Å². The predicted molar refractivity (Wildman–Crippen MR) is 69.5 cm³/mol. The molecule has 5 heteroatoms. The van der Waals surface area contributed by atoms with Crippen molar-refractivity contribution < 1.29 is 13.2 Å². The summed E-state index contributed by atoms with van der Waals surface area (Å²) >= 11 is 0. The van der Waals surface area contributed by atoms with E-state index in [1.54, 1.807) is 6.07 Å². The van der Waals surface area contributed by atoms with Gasteiger partial charge in [-0.1, -0.05) is 36.9 Å². The molecule has 0 aliphatic rings. The first-order valence-electron chi connectivity index (χ1n) is 5.21. The second-order valence-electron chi connectivity index (χ2n) is 3.68. The first-order valence-corrected chi connectivity index (χ1v) is 6.69. The van der Waals surface area contributed by atoms with Gasteiger partial charge in [0.2, 0.25) is 0 Å². The topological polar surface area (TPSA) is 63.2 Å². The van der Waals surface area contributed by atoms with Gasteiger partial charge in [-0.25, -0.2) is 13.1 Å². The summed E-state index contributed by atoms with van der Waals surface area (Å²) in [7, 11) is -3.83. The highest BCUT2D eigenvalue weighted by Gasteiger charge is 2.16. The lowest BCUT2D eigenvalue weighted by molar-refractivity contribution is -0.114. The SMILES string of the molecule is C=CC(=O)NS(=O)(=O)c1ccc2ccccc2c1. The lowest BCUT2D eigenvalue weighted by atomic mass is 10.1. The van der Waals surface area contributed by atoms with E-state index < -0.39 is 15.9 Å². The molecule has 0 spiro atoms. The van der Waals surface area contributed by atoms with Gasteiger partial charge < -0.3 is 0 Å². The molecule has 2 rings (SSSR count). The standard InChI is InChI=1S/C13H11NO3S/c1-2-13(15)14-18(16,17)12-8-7-10-5-3-4-6-11(10)9-12/h2-9H,1H2,(H,14,15). The molecule has 0 saturated carbocycles. The minimum atomic E-state index is -3.83. The van der Waals surface area contributed by atoms with Gasteiger partial charge in [0.15, 0.2) is 0 Å². The summed E-state index contributed by atoms with van der Waals surface area (Å²) in [6.45, 7) is 3.21. The fraction of sp³-hybridized carbons (Fsp3) is 0. The van der Waals surface area contributed by atoms with Crippen molar-refractivity contribution in [2.75, 3.05) is 0 Å². The first kappa shape index (κ1) is 12.3. The van der Waals surface area contributed by atoms with E-state index >= 15 is 0 Å². The van der Waals surface area contributed by atoms with Crippen LogP contribution in [0.5, 0.6) is 0 Å². The number of rotatable bonds is 3. The van der Waals surface area contributed by atoms with E-state index in [2.05, 4.69) is 6.58 Å². The molecule has 0 unspecified atom stereocenters. The largest absolute Gasteiger partial charge is 0.269 e. The summed E-state index contributed by atoms with van der Waals surface area (Å²) in [5, 5.41) is 1.73. The number of carbonyl (C=O) groups is 1. The summed E-state index contributed by atoms with van der Waals surface area (Å²) in [5.74, 6) is -0.747. The molecule has 0 atom stereocenters. The molecule has 2 aromatic rings. The molecule has 1 N–H and O–H groups in total. The molecule has 92 valence electrons. The molecular weight excluding hydrogens is 250 g/mol. The van der Waals surface area contributed by atoms with Crippen LogP contribution in [0.25, 0.3) is 10.8 Å². The molecule has 18 heavy (non-hydrogen) atoms. The third-order valence-corrected chi connectivity index (χ3v) is 3.80. The normalized spacial score (nSPS) is 11.1. The van der Waals surface area contributed by atoms with Crippen LogP contribution in [-0.4, -0.2) is 14.3 Å². The van der Waals surface area contributed by atoms with Crippen molar-refractivity contribution >= 4 is 26.7 Å². The molecule has 0 bridgehead atoms. The van der Waals surface area contributed by atoms with Crippen LogP contribution in [0.4, 0.5) is 0 Å². The monoisotopic (exact) mass is 261 g/mol. The zero-order valence-corrected chi connectivity index (χ0v) is 10.3. The Balaban J connectivity index is 2.48. The van der Waals surface area contributed by atoms with Crippen molar-refractivity contribution in [2.45, 2.75) is 4.90 Å². The zero-order valence-electron chi connectivity index (χ0n) is 9.46. The maximum Gasteiger partial charge on any atom is 0.264 e. The molecule has 0 saturated heterocycles. The number of sulfonamides is 1. The third-order valence-electron chi connectivity index (χ3n) is 2.45. The molecule has 4 nitrogen and oxygen atoms in total.